The fourth-order valence-corrected chi connectivity index (χ4v) is 7.20. The molecule has 0 heterocycles. The number of allylic oxidation sites excluding steroid dienone is 4. The molecule has 0 aliphatic rings. The van der Waals surface area contributed by atoms with Crippen LogP contribution in [0.25, 0.3) is 0 Å². The van der Waals surface area contributed by atoms with Crippen LogP contribution in [0.5, 0.6) is 0 Å². The van der Waals surface area contributed by atoms with E-state index >= 15 is 0 Å². The number of unbranched alkanes of at least 4 members (excludes halogenated alkanes) is 29. The van der Waals surface area contributed by atoms with Crippen LogP contribution in [0.3, 0.4) is 0 Å². The van der Waals surface area contributed by atoms with Crippen molar-refractivity contribution < 1.29 is 24.5 Å². The summed E-state index contributed by atoms with van der Waals surface area (Å²) in [5, 5.41) is 23.2. The second-order valence-electron chi connectivity index (χ2n) is 16.4. The van der Waals surface area contributed by atoms with Crippen LogP contribution in [0.15, 0.2) is 24.3 Å². The first-order valence-electron chi connectivity index (χ1n) is 24.1. The molecule has 0 aromatic heterocycles. The summed E-state index contributed by atoms with van der Waals surface area (Å²) >= 11 is 0. The lowest BCUT2D eigenvalue weighted by Gasteiger charge is -2.22. The predicted octanol–water partition coefficient (Wildman–Crippen LogP) is 14.0. The Bertz CT molecular complexity index is 858. The van der Waals surface area contributed by atoms with Gasteiger partial charge in [-0.05, 0) is 70.6 Å². The number of hydrogen-bond acceptors (Lipinski definition) is 5. The van der Waals surface area contributed by atoms with E-state index in [1.54, 1.807) is 0 Å². The molecule has 0 fully saturated rings. The smallest absolute Gasteiger partial charge is 0.305 e. The molecule has 0 radical (unpaired) electrons. The standard InChI is InChI=1S/C49H93NO5/c1-3-5-7-9-11-13-15-16-17-18-19-20-22-25-29-33-37-41-47(52)46(45-51)50-48(53)42-38-34-30-26-23-24-28-32-36-40-44-55-49(54)43-39-35-31-27-21-14-12-10-8-6-4-2/h10,12,24,28,46-47,51-52H,3-9,11,13-23,25-27,29-45H2,1-2H3,(H,50,53)/b12-10-,28-24-. The van der Waals surface area contributed by atoms with E-state index in [4.69, 9.17) is 4.74 Å². The molecule has 0 aliphatic carbocycles. The van der Waals surface area contributed by atoms with Crippen molar-refractivity contribution in [3.05, 3.63) is 24.3 Å². The van der Waals surface area contributed by atoms with Crippen molar-refractivity contribution in [1.82, 2.24) is 5.32 Å². The van der Waals surface area contributed by atoms with Crippen molar-refractivity contribution in [2.24, 2.45) is 0 Å². The molecule has 2 atom stereocenters. The number of aliphatic hydroxyl groups excluding tert-OH is 2. The van der Waals surface area contributed by atoms with Gasteiger partial charge in [0.15, 0.2) is 0 Å². The average molecular weight is 776 g/mol. The Balaban J connectivity index is 3.55. The highest BCUT2D eigenvalue weighted by Crippen LogP contribution is 2.16. The van der Waals surface area contributed by atoms with E-state index in [0.29, 0.717) is 25.9 Å². The maximum atomic E-state index is 12.4. The summed E-state index contributed by atoms with van der Waals surface area (Å²) in [6.07, 6.45) is 51.4. The number of carbonyl (C=O) groups excluding carboxylic acids is 2. The molecule has 324 valence electrons. The minimum Gasteiger partial charge on any atom is -0.466 e. The Kier molecular flexibility index (Phi) is 43.7. The van der Waals surface area contributed by atoms with Crippen LogP contribution >= 0.6 is 0 Å². The minimum atomic E-state index is -0.686. The summed E-state index contributed by atoms with van der Waals surface area (Å²) < 4.78 is 5.40. The van der Waals surface area contributed by atoms with E-state index in [2.05, 4.69) is 43.5 Å². The van der Waals surface area contributed by atoms with Crippen LogP contribution in [-0.2, 0) is 14.3 Å². The summed E-state index contributed by atoms with van der Waals surface area (Å²) in [5.41, 5.74) is 0. The molecule has 6 nitrogen and oxygen atoms in total. The summed E-state index contributed by atoms with van der Waals surface area (Å²) in [6.45, 7) is 4.82. The van der Waals surface area contributed by atoms with Gasteiger partial charge in [-0.1, -0.05) is 192 Å². The first-order chi connectivity index (χ1) is 27.0. The Labute approximate surface area is 341 Å². The zero-order chi connectivity index (χ0) is 40.1. The quantitative estimate of drug-likeness (QED) is 0.0325. The Morgan fingerprint density at radius 3 is 1.35 bits per heavy atom. The molecule has 55 heavy (non-hydrogen) atoms. The number of amides is 1. The van der Waals surface area contributed by atoms with Crippen LogP contribution in [0, 0.1) is 0 Å². The molecule has 3 N–H and O–H groups in total. The van der Waals surface area contributed by atoms with Crippen LogP contribution in [0.4, 0.5) is 0 Å². The van der Waals surface area contributed by atoms with Crippen molar-refractivity contribution in [1.29, 1.82) is 0 Å². The molecule has 6 heteroatoms. The predicted molar refractivity (Wildman–Crippen MR) is 236 cm³/mol. The van der Waals surface area contributed by atoms with Gasteiger partial charge < -0.3 is 20.3 Å². The van der Waals surface area contributed by atoms with E-state index < -0.39 is 12.1 Å². The highest BCUT2D eigenvalue weighted by molar-refractivity contribution is 5.76. The van der Waals surface area contributed by atoms with Crippen LogP contribution in [0.1, 0.15) is 251 Å². The van der Waals surface area contributed by atoms with Crippen molar-refractivity contribution in [3.63, 3.8) is 0 Å². The third-order valence-corrected chi connectivity index (χ3v) is 11.0. The second kappa shape index (κ2) is 45.0. The lowest BCUT2D eigenvalue weighted by Crippen LogP contribution is -2.45. The fourth-order valence-electron chi connectivity index (χ4n) is 7.20. The third kappa shape index (κ3) is 41.8. The zero-order valence-corrected chi connectivity index (χ0v) is 36.7. The molecule has 0 aliphatic heterocycles. The van der Waals surface area contributed by atoms with Crippen LogP contribution < -0.4 is 5.32 Å². The third-order valence-electron chi connectivity index (χ3n) is 11.0. The molecule has 0 rings (SSSR count). The molecule has 2 unspecified atom stereocenters. The van der Waals surface area contributed by atoms with Gasteiger partial charge in [0.05, 0.1) is 25.4 Å². The van der Waals surface area contributed by atoms with Gasteiger partial charge in [-0.25, -0.2) is 0 Å². The lowest BCUT2D eigenvalue weighted by atomic mass is 10.0. The van der Waals surface area contributed by atoms with Gasteiger partial charge in [0, 0.05) is 12.8 Å². The molecule has 1 amide bonds. The second-order valence-corrected chi connectivity index (χ2v) is 16.4. The van der Waals surface area contributed by atoms with Gasteiger partial charge in [0.2, 0.25) is 5.91 Å². The monoisotopic (exact) mass is 776 g/mol. The van der Waals surface area contributed by atoms with Gasteiger partial charge in [0.25, 0.3) is 0 Å². The Morgan fingerprint density at radius 1 is 0.491 bits per heavy atom. The molecule has 0 spiro atoms. The Hall–Kier alpha value is -1.66. The molecule has 0 saturated heterocycles. The number of rotatable bonds is 44. The van der Waals surface area contributed by atoms with Gasteiger partial charge in [-0.3, -0.25) is 9.59 Å². The number of carbonyl (C=O) groups is 2. The molecule has 0 saturated carbocycles. The van der Waals surface area contributed by atoms with E-state index in [0.717, 1.165) is 77.0 Å². The van der Waals surface area contributed by atoms with Gasteiger partial charge in [-0.15, -0.1) is 0 Å². The number of hydrogen-bond donors (Lipinski definition) is 3. The first-order valence-corrected chi connectivity index (χ1v) is 24.1. The molecule has 0 bridgehead atoms. The number of esters is 1. The maximum absolute atomic E-state index is 12.4. The number of aliphatic hydroxyl groups is 2. The first kappa shape index (κ1) is 53.3. The van der Waals surface area contributed by atoms with Crippen LogP contribution in [0.2, 0.25) is 0 Å². The van der Waals surface area contributed by atoms with Crippen molar-refractivity contribution in [2.75, 3.05) is 13.2 Å². The normalized spacial score (nSPS) is 12.9. The summed E-state index contributed by atoms with van der Waals surface area (Å²) in [6, 6.07) is -0.566. The summed E-state index contributed by atoms with van der Waals surface area (Å²) in [7, 11) is 0. The summed E-state index contributed by atoms with van der Waals surface area (Å²) in [4.78, 5) is 24.4. The fraction of sp³-hybridized carbons (Fsp3) is 0.878. The number of nitrogens with one attached hydrogen (secondary N) is 1. The highest BCUT2D eigenvalue weighted by Gasteiger charge is 2.20. The molecule has 0 aromatic rings. The lowest BCUT2D eigenvalue weighted by molar-refractivity contribution is -0.143. The van der Waals surface area contributed by atoms with Gasteiger partial charge in [-0.2, -0.15) is 0 Å². The number of ether oxygens (including phenoxy) is 1. The van der Waals surface area contributed by atoms with Crippen LogP contribution in [-0.4, -0.2) is 47.4 Å². The van der Waals surface area contributed by atoms with E-state index in [1.165, 1.54) is 141 Å². The van der Waals surface area contributed by atoms with Gasteiger partial charge >= 0.3 is 5.97 Å². The molecule has 0 aromatic carbocycles. The van der Waals surface area contributed by atoms with E-state index in [1.807, 2.05) is 0 Å². The average Bonchev–Trinajstić information content (AvgIpc) is 3.18. The zero-order valence-electron chi connectivity index (χ0n) is 36.7. The van der Waals surface area contributed by atoms with Crippen molar-refractivity contribution in [3.8, 4) is 0 Å². The summed E-state index contributed by atoms with van der Waals surface area (Å²) in [5.74, 6) is -0.119. The largest absolute Gasteiger partial charge is 0.466 e. The molecular formula is C49H93NO5. The SMILES string of the molecule is CCCC/C=C\CCCCCCCC(=O)OCCCC/C=C\CCCCCCC(=O)NC(CO)C(O)CCCCCCCCCCCCCCCCCCC. The van der Waals surface area contributed by atoms with Crippen molar-refractivity contribution >= 4 is 11.9 Å². The van der Waals surface area contributed by atoms with E-state index in [9.17, 15) is 19.8 Å². The Morgan fingerprint density at radius 2 is 0.873 bits per heavy atom. The van der Waals surface area contributed by atoms with Gasteiger partial charge in [0.1, 0.15) is 0 Å². The van der Waals surface area contributed by atoms with Crippen molar-refractivity contribution in [2.45, 2.75) is 264 Å². The van der Waals surface area contributed by atoms with E-state index in [-0.39, 0.29) is 18.5 Å². The molecular weight excluding hydrogens is 683 g/mol. The highest BCUT2D eigenvalue weighted by atomic mass is 16.5. The minimum absolute atomic E-state index is 0.0476. The maximum Gasteiger partial charge on any atom is 0.305 e. The topological polar surface area (TPSA) is 95.9 Å².